The Morgan fingerprint density at radius 1 is 1.19 bits per heavy atom. The Balaban J connectivity index is 1.59. The van der Waals surface area contributed by atoms with Crippen LogP contribution in [0.3, 0.4) is 0 Å². The second-order valence-electron chi connectivity index (χ2n) is 5.48. The molecule has 0 saturated carbocycles. The van der Waals surface area contributed by atoms with Crippen LogP contribution < -0.4 is 10.2 Å². The lowest BCUT2D eigenvalue weighted by Gasteiger charge is -2.08. The number of hydrogen-bond acceptors (Lipinski definition) is 6. The van der Waals surface area contributed by atoms with Crippen molar-refractivity contribution in [3.8, 4) is 5.75 Å². The molecule has 0 fully saturated rings. The highest BCUT2D eigenvalue weighted by Gasteiger charge is 2.04. The number of nitrogens with zero attached hydrogens (tertiary/aromatic N) is 3. The van der Waals surface area contributed by atoms with E-state index in [1.54, 1.807) is 6.21 Å². The lowest BCUT2D eigenvalue weighted by atomic mass is 10.2. The molecule has 0 radical (unpaired) electrons. The van der Waals surface area contributed by atoms with Gasteiger partial charge in [-0.3, -0.25) is 15.5 Å². The molecule has 0 aliphatic heterocycles. The maximum atomic E-state index is 10.6. The molecule has 1 N–H and O–H groups in total. The molecule has 27 heavy (non-hydrogen) atoms. The third-order valence-electron chi connectivity index (χ3n) is 3.56. The normalized spacial score (nSPS) is 10.7. The van der Waals surface area contributed by atoms with Crippen LogP contribution in [0.5, 0.6) is 5.75 Å². The molecule has 7 nitrogen and oxygen atoms in total. The molecule has 0 saturated heterocycles. The van der Waals surface area contributed by atoms with E-state index < -0.39 is 4.92 Å². The van der Waals surface area contributed by atoms with Gasteiger partial charge in [-0.2, -0.15) is 5.10 Å². The van der Waals surface area contributed by atoms with Crippen molar-refractivity contribution in [1.29, 1.82) is 0 Å². The number of rotatable bonds is 7. The summed E-state index contributed by atoms with van der Waals surface area (Å²) in [6, 6.07) is 17.8. The number of hydrazone groups is 1. The highest BCUT2D eigenvalue weighted by atomic mass is 35.5. The molecule has 0 spiro atoms. The zero-order chi connectivity index (χ0) is 19.1. The summed E-state index contributed by atoms with van der Waals surface area (Å²) in [5.41, 5.74) is 4.37. The summed E-state index contributed by atoms with van der Waals surface area (Å²) in [5.74, 6) is 1.09. The fraction of sp³-hybridized carbons (Fsp3) is 0.0526. The Morgan fingerprint density at radius 3 is 2.78 bits per heavy atom. The van der Waals surface area contributed by atoms with Gasteiger partial charge in [0.25, 0.3) is 5.69 Å². The van der Waals surface area contributed by atoms with Crippen molar-refractivity contribution in [1.82, 2.24) is 4.98 Å². The maximum Gasteiger partial charge on any atom is 0.287 e. The van der Waals surface area contributed by atoms with Crippen LogP contribution in [0.15, 0.2) is 72.0 Å². The van der Waals surface area contributed by atoms with Crippen molar-refractivity contribution >= 4 is 29.3 Å². The van der Waals surface area contributed by atoms with Crippen LogP contribution >= 0.6 is 11.6 Å². The van der Waals surface area contributed by atoms with Crippen LogP contribution in [-0.4, -0.2) is 16.1 Å². The van der Waals surface area contributed by atoms with Crippen molar-refractivity contribution in [3.63, 3.8) is 0 Å². The fourth-order valence-electron chi connectivity index (χ4n) is 2.19. The number of anilines is 1. The lowest BCUT2D eigenvalue weighted by Crippen LogP contribution is -1.97. The summed E-state index contributed by atoms with van der Waals surface area (Å²) in [4.78, 5) is 14.0. The van der Waals surface area contributed by atoms with Crippen LogP contribution in [0.25, 0.3) is 0 Å². The zero-order valence-electron chi connectivity index (χ0n) is 14.1. The molecule has 1 aromatic heterocycles. The predicted octanol–water partition coefficient (Wildman–Crippen LogP) is 4.67. The summed E-state index contributed by atoms with van der Waals surface area (Å²) < 4.78 is 5.77. The first-order valence-corrected chi connectivity index (χ1v) is 8.35. The van der Waals surface area contributed by atoms with Crippen LogP contribution in [-0.2, 0) is 6.61 Å². The van der Waals surface area contributed by atoms with Gasteiger partial charge in [0.05, 0.1) is 11.1 Å². The minimum absolute atomic E-state index is 0.0760. The summed E-state index contributed by atoms with van der Waals surface area (Å²) in [7, 11) is 0. The van der Waals surface area contributed by atoms with E-state index in [1.807, 2.05) is 48.5 Å². The molecule has 0 aliphatic rings. The van der Waals surface area contributed by atoms with Crippen LogP contribution in [0, 0.1) is 10.1 Å². The van der Waals surface area contributed by atoms with Crippen LogP contribution in [0.4, 0.5) is 11.5 Å². The number of nitro groups is 1. The molecule has 3 aromatic rings. The standard InChI is InChI=1S/C19H15ClN4O3/c20-18-7-2-1-5-15(18)13-27-17-6-3-4-14(10-17)11-22-23-19-9-8-16(12-21-19)24(25)26/h1-12H,13H2,(H,21,23)/b22-11-. The van der Waals surface area contributed by atoms with E-state index >= 15 is 0 Å². The molecule has 0 aliphatic carbocycles. The largest absolute Gasteiger partial charge is 0.489 e. The third-order valence-corrected chi connectivity index (χ3v) is 3.93. The first-order valence-electron chi connectivity index (χ1n) is 7.97. The predicted molar refractivity (Wildman–Crippen MR) is 104 cm³/mol. The van der Waals surface area contributed by atoms with Gasteiger partial charge in [0, 0.05) is 16.7 Å². The highest BCUT2D eigenvalue weighted by molar-refractivity contribution is 6.31. The number of benzene rings is 2. The van der Waals surface area contributed by atoms with E-state index in [9.17, 15) is 10.1 Å². The summed E-state index contributed by atoms with van der Waals surface area (Å²) in [5, 5.41) is 15.3. The van der Waals surface area contributed by atoms with Gasteiger partial charge in [-0.1, -0.05) is 41.9 Å². The van der Waals surface area contributed by atoms with Crippen molar-refractivity contribution in [2.24, 2.45) is 5.10 Å². The zero-order valence-corrected chi connectivity index (χ0v) is 14.8. The van der Waals surface area contributed by atoms with Gasteiger partial charge in [0.1, 0.15) is 24.4 Å². The third kappa shape index (κ3) is 5.26. The van der Waals surface area contributed by atoms with E-state index in [4.69, 9.17) is 16.3 Å². The summed E-state index contributed by atoms with van der Waals surface area (Å²) >= 11 is 6.12. The average Bonchev–Trinajstić information content (AvgIpc) is 2.68. The van der Waals surface area contributed by atoms with E-state index in [0.717, 1.165) is 11.1 Å². The molecular formula is C19H15ClN4O3. The van der Waals surface area contributed by atoms with E-state index in [-0.39, 0.29) is 5.69 Å². The van der Waals surface area contributed by atoms with Gasteiger partial charge < -0.3 is 4.74 Å². The number of ether oxygens (including phenoxy) is 1. The molecule has 8 heteroatoms. The molecular weight excluding hydrogens is 368 g/mol. The van der Waals surface area contributed by atoms with Crippen LogP contribution in [0.1, 0.15) is 11.1 Å². The molecule has 0 bridgehead atoms. The number of halogens is 1. The number of pyridine rings is 1. The number of nitrogens with one attached hydrogen (secondary N) is 1. The molecule has 0 amide bonds. The van der Waals surface area contributed by atoms with Crippen LogP contribution in [0.2, 0.25) is 5.02 Å². The SMILES string of the molecule is O=[N+]([O-])c1ccc(N/N=C\c2cccc(OCc3ccccc3Cl)c2)nc1. The molecule has 136 valence electrons. The second-order valence-corrected chi connectivity index (χ2v) is 5.89. The smallest absolute Gasteiger partial charge is 0.287 e. The Labute approximate surface area is 160 Å². The van der Waals surface area contributed by atoms with Gasteiger partial charge in [0.15, 0.2) is 0 Å². The monoisotopic (exact) mass is 382 g/mol. The first kappa shape index (κ1) is 18.3. The van der Waals surface area contributed by atoms with E-state index in [0.29, 0.717) is 23.2 Å². The average molecular weight is 383 g/mol. The van der Waals surface area contributed by atoms with Crippen molar-refractivity contribution < 1.29 is 9.66 Å². The van der Waals surface area contributed by atoms with Gasteiger partial charge in [-0.15, -0.1) is 0 Å². The quantitative estimate of drug-likeness (QED) is 0.364. The highest BCUT2D eigenvalue weighted by Crippen LogP contribution is 2.19. The summed E-state index contributed by atoms with van der Waals surface area (Å²) in [6.07, 6.45) is 2.77. The Kier molecular flexibility index (Phi) is 5.96. The first-order chi connectivity index (χ1) is 13.1. The molecule has 0 atom stereocenters. The van der Waals surface area contributed by atoms with Gasteiger partial charge in [-0.25, -0.2) is 4.98 Å². The number of hydrogen-bond donors (Lipinski definition) is 1. The lowest BCUT2D eigenvalue weighted by molar-refractivity contribution is -0.385. The Bertz CT molecular complexity index is 961. The Hall–Kier alpha value is -3.45. The minimum atomic E-state index is -0.506. The maximum absolute atomic E-state index is 10.6. The topological polar surface area (TPSA) is 89.7 Å². The van der Waals surface area contributed by atoms with Crippen molar-refractivity contribution in [2.75, 3.05) is 5.43 Å². The van der Waals surface area contributed by atoms with E-state index in [2.05, 4.69) is 15.5 Å². The molecule has 1 heterocycles. The Morgan fingerprint density at radius 2 is 2.04 bits per heavy atom. The second kappa shape index (κ2) is 8.77. The summed E-state index contributed by atoms with van der Waals surface area (Å²) in [6.45, 7) is 0.366. The molecule has 2 aromatic carbocycles. The van der Waals surface area contributed by atoms with Gasteiger partial charge in [0.2, 0.25) is 0 Å². The minimum Gasteiger partial charge on any atom is -0.489 e. The van der Waals surface area contributed by atoms with Crippen molar-refractivity contribution in [2.45, 2.75) is 6.61 Å². The van der Waals surface area contributed by atoms with Gasteiger partial charge >= 0.3 is 0 Å². The fourth-order valence-corrected chi connectivity index (χ4v) is 2.38. The van der Waals surface area contributed by atoms with E-state index in [1.165, 1.54) is 18.3 Å². The molecule has 0 unspecified atom stereocenters. The van der Waals surface area contributed by atoms with Gasteiger partial charge in [-0.05, 0) is 29.8 Å². The number of aromatic nitrogens is 1. The molecule has 3 rings (SSSR count). The van der Waals surface area contributed by atoms with Crippen molar-refractivity contribution in [3.05, 3.63) is 93.1 Å².